The maximum Gasteiger partial charge on any atom is 0.230 e. The van der Waals surface area contributed by atoms with Crippen LogP contribution in [0.3, 0.4) is 0 Å². The highest BCUT2D eigenvalue weighted by atomic mass is 35.5. The predicted octanol–water partition coefficient (Wildman–Crippen LogP) is 5.12. The first-order valence-electron chi connectivity index (χ1n) is 7.98. The number of methoxy groups -OCH3 is 2. The summed E-state index contributed by atoms with van der Waals surface area (Å²) in [5.41, 5.74) is 1.70. The van der Waals surface area contributed by atoms with E-state index in [2.05, 4.69) is 5.32 Å². The van der Waals surface area contributed by atoms with Gasteiger partial charge in [-0.15, -0.1) is 11.8 Å². The van der Waals surface area contributed by atoms with Crippen LogP contribution < -0.4 is 14.8 Å². The van der Waals surface area contributed by atoms with Gasteiger partial charge in [0.15, 0.2) is 0 Å². The average molecular weight is 414 g/mol. The van der Waals surface area contributed by atoms with E-state index in [0.29, 0.717) is 33.0 Å². The van der Waals surface area contributed by atoms with Gasteiger partial charge in [-0.1, -0.05) is 29.3 Å². The number of rotatable bonds is 8. The third-order valence-electron chi connectivity index (χ3n) is 3.82. The van der Waals surface area contributed by atoms with E-state index < -0.39 is 0 Å². The van der Waals surface area contributed by atoms with Crippen LogP contribution in [-0.2, 0) is 10.5 Å². The quantitative estimate of drug-likeness (QED) is 0.651. The Kier molecular flexibility index (Phi) is 7.94. The van der Waals surface area contributed by atoms with E-state index in [0.717, 1.165) is 11.1 Å². The summed E-state index contributed by atoms with van der Waals surface area (Å²) in [6, 6.07) is 10.7. The second kappa shape index (κ2) is 9.95. The van der Waals surface area contributed by atoms with Crippen LogP contribution in [0.15, 0.2) is 36.4 Å². The first-order valence-corrected chi connectivity index (χ1v) is 9.89. The minimum Gasteiger partial charge on any atom is -0.497 e. The maximum atomic E-state index is 12.3. The first-order chi connectivity index (χ1) is 12.5. The number of ether oxygens (including phenoxy) is 2. The van der Waals surface area contributed by atoms with Gasteiger partial charge in [0.05, 0.1) is 26.0 Å². The summed E-state index contributed by atoms with van der Waals surface area (Å²) in [5.74, 6) is 2.22. The van der Waals surface area contributed by atoms with Gasteiger partial charge >= 0.3 is 0 Å². The van der Waals surface area contributed by atoms with Crippen LogP contribution in [0, 0.1) is 0 Å². The SMILES string of the molecule is COc1ccc(OC)c([C@@H](C)NC(=O)CSCc2c(Cl)cccc2Cl)c1. The van der Waals surface area contributed by atoms with Gasteiger partial charge in [-0.05, 0) is 42.8 Å². The van der Waals surface area contributed by atoms with Crippen molar-refractivity contribution in [1.29, 1.82) is 0 Å². The van der Waals surface area contributed by atoms with Crippen molar-refractivity contribution in [2.45, 2.75) is 18.7 Å². The highest BCUT2D eigenvalue weighted by Gasteiger charge is 2.15. The van der Waals surface area contributed by atoms with E-state index >= 15 is 0 Å². The lowest BCUT2D eigenvalue weighted by molar-refractivity contribution is -0.119. The number of benzene rings is 2. The Labute approximate surface area is 168 Å². The van der Waals surface area contributed by atoms with Gasteiger partial charge < -0.3 is 14.8 Å². The van der Waals surface area contributed by atoms with E-state index in [-0.39, 0.29) is 11.9 Å². The zero-order valence-corrected chi connectivity index (χ0v) is 17.2. The highest BCUT2D eigenvalue weighted by molar-refractivity contribution is 7.99. The molecule has 4 nitrogen and oxygen atoms in total. The van der Waals surface area contributed by atoms with Crippen molar-refractivity contribution in [3.8, 4) is 11.5 Å². The molecule has 26 heavy (non-hydrogen) atoms. The van der Waals surface area contributed by atoms with Crippen LogP contribution in [0.5, 0.6) is 11.5 Å². The highest BCUT2D eigenvalue weighted by Crippen LogP contribution is 2.30. The molecule has 7 heteroatoms. The molecule has 0 aliphatic carbocycles. The topological polar surface area (TPSA) is 47.6 Å². The molecule has 0 aromatic heterocycles. The van der Waals surface area contributed by atoms with Crippen molar-refractivity contribution >= 4 is 40.9 Å². The molecule has 1 atom stereocenters. The molecule has 0 aliphatic rings. The zero-order chi connectivity index (χ0) is 19.1. The molecule has 2 rings (SSSR count). The lowest BCUT2D eigenvalue weighted by Gasteiger charge is -2.18. The number of amides is 1. The minimum atomic E-state index is -0.211. The fourth-order valence-electron chi connectivity index (χ4n) is 2.45. The molecule has 0 heterocycles. The molecular formula is C19H21Cl2NO3S. The largest absolute Gasteiger partial charge is 0.497 e. The van der Waals surface area contributed by atoms with E-state index in [1.54, 1.807) is 32.4 Å². The van der Waals surface area contributed by atoms with Gasteiger partial charge in [0, 0.05) is 21.4 Å². The molecule has 2 aromatic carbocycles. The van der Waals surface area contributed by atoms with E-state index in [1.165, 1.54) is 11.8 Å². The number of carbonyl (C=O) groups excluding carboxylic acids is 1. The molecule has 1 amide bonds. The third kappa shape index (κ3) is 5.47. The molecule has 0 aliphatic heterocycles. The summed E-state index contributed by atoms with van der Waals surface area (Å²) in [4.78, 5) is 12.3. The summed E-state index contributed by atoms with van der Waals surface area (Å²) >= 11 is 13.8. The average Bonchev–Trinajstić information content (AvgIpc) is 2.63. The number of thioether (sulfide) groups is 1. The fraction of sp³-hybridized carbons (Fsp3) is 0.316. The van der Waals surface area contributed by atoms with E-state index in [1.807, 2.05) is 25.1 Å². The number of halogens is 2. The Morgan fingerprint density at radius 2 is 1.85 bits per heavy atom. The van der Waals surface area contributed by atoms with Gasteiger partial charge in [-0.25, -0.2) is 0 Å². The lowest BCUT2D eigenvalue weighted by Crippen LogP contribution is -2.28. The molecule has 0 bridgehead atoms. The van der Waals surface area contributed by atoms with E-state index in [9.17, 15) is 4.79 Å². The van der Waals surface area contributed by atoms with Gasteiger partial charge in [0.25, 0.3) is 0 Å². The van der Waals surface area contributed by atoms with E-state index in [4.69, 9.17) is 32.7 Å². The molecule has 0 radical (unpaired) electrons. The number of hydrogen-bond acceptors (Lipinski definition) is 4. The maximum absolute atomic E-state index is 12.3. The molecule has 1 N–H and O–H groups in total. The molecule has 2 aromatic rings. The van der Waals surface area contributed by atoms with Crippen molar-refractivity contribution in [3.05, 3.63) is 57.6 Å². The predicted molar refractivity (Wildman–Crippen MR) is 109 cm³/mol. The second-order valence-electron chi connectivity index (χ2n) is 5.59. The number of carbonyl (C=O) groups is 1. The van der Waals surface area contributed by atoms with Crippen molar-refractivity contribution in [1.82, 2.24) is 5.32 Å². The Morgan fingerprint density at radius 1 is 1.15 bits per heavy atom. The van der Waals surface area contributed by atoms with Gasteiger partial charge in [-0.2, -0.15) is 0 Å². The Morgan fingerprint density at radius 3 is 2.46 bits per heavy atom. The smallest absolute Gasteiger partial charge is 0.230 e. The Hall–Kier alpha value is -1.56. The van der Waals surface area contributed by atoms with Gasteiger partial charge in [0.2, 0.25) is 5.91 Å². The molecule has 0 unspecified atom stereocenters. The van der Waals surface area contributed by atoms with Crippen LogP contribution in [0.4, 0.5) is 0 Å². The number of nitrogens with one attached hydrogen (secondary N) is 1. The Bertz CT molecular complexity index is 750. The lowest BCUT2D eigenvalue weighted by atomic mass is 10.1. The summed E-state index contributed by atoms with van der Waals surface area (Å²) < 4.78 is 10.6. The normalized spacial score (nSPS) is 11.7. The summed E-state index contributed by atoms with van der Waals surface area (Å²) in [6.07, 6.45) is 0. The van der Waals surface area contributed by atoms with Crippen LogP contribution >= 0.6 is 35.0 Å². The van der Waals surface area contributed by atoms with Crippen molar-refractivity contribution in [2.24, 2.45) is 0 Å². The summed E-state index contributed by atoms with van der Waals surface area (Å²) in [6.45, 7) is 1.91. The van der Waals surface area contributed by atoms with Crippen LogP contribution in [0.2, 0.25) is 10.0 Å². The van der Waals surface area contributed by atoms with Crippen LogP contribution in [0.25, 0.3) is 0 Å². The minimum absolute atomic E-state index is 0.0736. The molecule has 0 saturated carbocycles. The monoisotopic (exact) mass is 413 g/mol. The molecule has 0 saturated heterocycles. The van der Waals surface area contributed by atoms with Crippen LogP contribution in [-0.4, -0.2) is 25.9 Å². The standard InChI is InChI=1S/C19H21Cl2NO3S/c1-12(14-9-13(24-2)7-8-18(14)25-3)22-19(23)11-26-10-15-16(20)5-4-6-17(15)21/h4-9,12H,10-11H2,1-3H3,(H,22,23)/t12-/m1/s1. The van der Waals surface area contributed by atoms with Crippen molar-refractivity contribution in [3.63, 3.8) is 0 Å². The Balaban J connectivity index is 1.93. The molecule has 0 fully saturated rings. The van der Waals surface area contributed by atoms with Gasteiger partial charge in [0.1, 0.15) is 11.5 Å². The molecule has 140 valence electrons. The molecule has 0 spiro atoms. The van der Waals surface area contributed by atoms with Crippen molar-refractivity contribution in [2.75, 3.05) is 20.0 Å². The number of hydrogen-bond donors (Lipinski definition) is 1. The summed E-state index contributed by atoms with van der Waals surface area (Å²) in [5, 5.41) is 4.20. The van der Waals surface area contributed by atoms with Crippen molar-refractivity contribution < 1.29 is 14.3 Å². The van der Waals surface area contributed by atoms with Gasteiger partial charge in [-0.3, -0.25) is 4.79 Å². The van der Waals surface area contributed by atoms with Crippen LogP contribution in [0.1, 0.15) is 24.1 Å². The molecular weight excluding hydrogens is 393 g/mol. The summed E-state index contributed by atoms with van der Waals surface area (Å²) in [7, 11) is 3.20. The third-order valence-corrected chi connectivity index (χ3v) is 5.49. The second-order valence-corrected chi connectivity index (χ2v) is 7.39. The first kappa shape index (κ1) is 20.7. The zero-order valence-electron chi connectivity index (χ0n) is 14.8. The fourth-order valence-corrected chi connectivity index (χ4v) is 4.03.